The summed E-state index contributed by atoms with van der Waals surface area (Å²) in [6.45, 7) is 0. The van der Waals surface area contributed by atoms with Gasteiger partial charge in [-0.25, -0.2) is 15.0 Å². The van der Waals surface area contributed by atoms with E-state index in [9.17, 15) is 0 Å². The molecule has 0 aliphatic carbocycles. The summed E-state index contributed by atoms with van der Waals surface area (Å²) < 4.78 is 12.6. The van der Waals surface area contributed by atoms with E-state index >= 15 is 0 Å². The van der Waals surface area contributed by atoms with E-state index in [0.29, 0.717) is 17.5 Å². The number of rotatable bonds is 4. The first kappa shape index (κ1) is 32.9. The lowest BCUT2D eigenvalue weighted by Crippen LogP contribution is -2.01. The maximum Gasteiger partial charge on any atom is 0.164 e. The molecule has 278 valence electrons. The molecule has 0 saturated carbocycles. The van der Waals surface area contributed by atoms with Crippen molar-refractivity contribution in [3.63, 3.8) is 0 Å². The van der Waals surface area contributed by atoms with Crippen LogP contribution in [0.1, 0.15) is 0 Å². The summed E-state index contributed by atoms with van der Waals surface area (Å²) in [6.07, 6.45) is 0. The number of fused-ring (bicyclic) bond motifs is 11. The van der Waals surface area contributed by atoms with E-state index in [1.165, 1.54) is 5.39 Å². The summed E-state index contributed by atoms with van der Waals surface area (Å²) >= 11 is 0. The lowest BCUT2D eigenvalue weighted by atomic mass is 9.94. The quantitative estimate of drug-likeness (QED) is 0.167. The van der Waals surface area contributed by atoms with Gasteiger partial charge in [-0.3, -0.25) is 0 Å². The monoisotopic (exact) mass is 765 g/mol. The van der Waals surface area contributed by atoms with Gasteiger partial charge in [0.1, 0.15) is 22.3 Å². The highest BCUT2D eigenvalue weighted by Gasteiger charge is 2.19. The summed E-state index contributed by atoms with van der Waals surface area (Å²) in [7, 11) is 0. The van der Waals surface area contributed by atoms with Crippen LogP contribution in [0.15, 0.2) is 197 Å². The summed E-state index contributed by atoms with van der Waals surface area (Å²) in [6, 6.07) is 65.8. The second-order valence-corrected chi connectivity index (χ2v) is 15.5. The van der Waals surface area contributed by atoms with Crippen molar-refractivity contribution in [2.75, 3.05) is 0 Å². The van der Waals surface area contributed by atoms with Gasteiger partial charge in [-0.2, -0.15) is 0 Å². The predicted molar refractivity (Wildman–Crippen MR) is 246 cm³/mol. The normalized spacial score (nSPS) is 12.0. The van der Waals surface area contributed by atoms with Crippen LogP contribution in [0.4, 0.5) is 0 Å². The van der Waals surface area contributed by atoms with Crippen LogP contribution in [0.25, 0.3) is 132 Å². The number of benzene rings is 10. The molecule has 0 N–H and O–H groups in total. The molecule has 0 saturated heterocycles. The Hall–Kier alpha value is -8.15. The van der Waals surface area contributed by atoms with Crippen molar-refractivity contribution in [3.8, 4) is 45.3 Å². The van der Waals surface area contributed by atoms with Crippen molar-refractivity contribution in [3.05, 3.63) is 188 Å². The molecule has 0 radical (unpaired) electrons. The Balaban J connectivity index is 1.02. The van der Waals surface area contributed by atoms with Gasteiger partial charge >= 0.3 is 0 Å². The molecule has 13 rings (SSSR count). The van der Waals surface area contributed by atoms with Crippen LogP contribution in [-0.2, 0) is 0 Å². The molecule has 0 atom stereocenters. The fraction of sp³-hybridized carbons (Fsp3) is 0. The maximum absolute atomic E-state index is 6.30. The second-order valence-electron chi connectivity index (χ2n) is 15.5. The SMILES string of the molecule is c1cc(-c2cccc3oc4ccccc4c23)c2ccc(-c3nc(-c4ccc5cc6c(cc5c4)oc4ccccc46)nc(-c4cc5ccccc5c5ccccc45)n3)cc2c1. The van der Waals surface area contributed by atoms with E-state index in [1.54, 1.807) is 0 Å². The minimum Gasteiger partial charge on any atom is -0.456 e. The van der Waals surface area contributed by atoms with Crippen LogP contribution in [0.2, 0.25) is 0 Å². The van der Waals surface area contributed by atoms with Gasteiger partial charge < -0.3 is 8.83 Å². The standard InChI is InChI=1S/C55H31N3O2/c1-2-13-38-34(11-1)30-47(42-15-4-3-14-40(38)42)55-57-53(35-24-23-32-29-46-43-16-5-7-20-48(43)60-51(46)31-37(32)28-35)56-54(58-55)36-25-26-39-33(27-36)12-9-18-41(39)44-19-10-22-50-52(44)45-17-6-8-21-49(45)59-50/h1-31H. The van der Waals surface area contributed by atoms with Gasteiger partial charge in [-0.05, 0) is 103 Å². The first-order chi connectivity index (χ1) is 29.7. The molecule has 0 aliphatic rings. The highest BCUT2D eigenvalue weighted by molar-refractivity contribution is 6.16. The van der Waals surface area contributed by atoms with Gasteiger partial charge in [0.05, 0.1) is 0 Å². The molecule has 60 heavy (non-hydrogen) atoms. The van der Waals surface area contributed by atoms with Crippen LogP contribution < -0.4 is 0 Å². The largest absolute Gasteiger partial charge is 0.456 e. The van der Waals surface area contributed by atoms with Gasteiger partial charge in [0, 0.05) is 38.2 Å². The third-order valence-corrected chi connectivity index (χ3v) is 12.1. The van der Waals surface area contributed by atoms with E-state index < -0.39 is 0 Å². The minimum absolute atomic E-state index is 0.603. The molecule has 3 aromatic heterocycles. The third kappa shape index (κ3) is 5.03. The molecule has 5 heteroatoms. The first-order valence-corrected chi connectivity index (χ1v) is 20.2. The van der Waals surface area contributed by atoms with E-state index in [0.717, 1.165) is 109 Å². The highest BCUT2D eigenvalue weighted by Crippen LogP contribution is 2.41. The van der Waals surface area contributed by atoms with Crippen molar-refractivity contribution in [2.45, 2.75) is 0 Å². The summed E-state index contributed by atoms with van der Waals surface area (Å²) in [5, 5.41) is 13.4. The Morgan fingerprint density at radius 2 is 0.850 bits per heavy atom. The molecule has 0 aliphatic heterocycles. The summed E-state index contributed by atoms with van der Waals surface area (Å²) in [4.78, 5) is 15.8. The van der Waals surface area contributed by atoms with E-state index in [2.05, 4.69) is 158 Å². The van der Waals surface area contributed by atoms with Gasteiger partial charge in [-0.15, -0.1) is 0 Å². The molecule has 0 spiro atoms. The predicted octanol–water partition coefficient (Wildman–Crippen LogP) is 15.0. The third-order valence-electron chi connectivity index (χ3n) is 12.1. The van der Waals surface area contributed by atoms with Crippen molar-refractivity contribution in [1.82, 2.24) is 15.0 Å². The topological polar surface area (TPSA) is 65.0 Å². The molecule has 0 fully saturated rings. The van der Waals surface area contributed by atoms with Crippen molar-refractivity contribution >= 4 is 87.0 Å². The zero-order valence-corrected chi connectivity index (χ0v) is 32.1. The van der Waals surface area contributed by atoms with Crippen LogP contribution in [0.3, 0.4) is 0 Å². The molecular formula is C55H31N3O2. The number of para-hydroxylation sites is 2. The lowest BCUT2D eigenvalue weighted by Gasteiger charge is -2.13. The fourth-order valence-electron chi connectivity index (χ4n) is 9.26. The number of hydrogen-bond acceptors (Lipinski definition) is 5. The Morgan fingerprint density at radius 3 is 1.70 bits per heavy atom. The van der Waals surface area contributed by atoms with E-state index in [1.807, 2.05) is 30.3 Å². The maximum atomic E-state index is 6.30. The summed E-state index contributed by atoms with van der Waals surface area (Å²) in [5.74, 6) is 1.83. The van der Waals surface area contributed by atoms with Crippen LogP contribution >= 0.6 is 0 Å². The minimum atomic E-state index is 0.603. The highest BCUT2D eigenvalue weighted by atomic mass is 16.3. The van der Waals surface area contributed by atoms with Crippen molar-refractivity contribution in [1.29, 1.82) is 0 Å². The Kier molecular flexibility index (Phi) is 6.95. The van der Waals surface area contributed by atoms with Crippen molar-refractivity contribution in [2.24, 2.45) is 0 Å². The second kappa shape index (κ2) is 12.7. The number of nitrogens with zero attached hydrogens (tertiary/aromatic N) is 3. The molecule has 3 heterocycles. The molecular weight excluding hydrogens is 735 g/mol. The molecule has 10 aromatic carbocycles. The van der Waals surface area contributed by atoms with Crippen LogP contribution in [0, 0.1) is 0 Å². The van der Waals surface area contributed by atoms with E-state index in [-0.39, 0.29) is 0 Å². The molecule has 0 amide bonds. The van der Waals surface area contributed by atoms with Gasteiger partial charge in [0.25, 0.3) is 0 Å². The van der Waals surface area contributed by atoms with Gasteiger partial charge in [-0.1, -0.05) is 140 Å². The number of hydrogen-bond donors (Lipinski definition) is 0. The van der Waals surface area contributed by atoms with Crippen LogP contribution in [0.5, 0.6) is 0 Å². The zero-order valence-electron chi connectivity index (χ0n) is 32.1. The molecule has 0 unspecified atom stereocenters. The zero-order chi connectivity index (χ0) is 39.3. The average molecular weight is 766 g/mol. The lowest BCUT2D eigenvalue weighted by molar-refractivity contribution is 0.669. The van der Waals surface area contributed by atoms with E-state index in [4.69, 9.17) is 23.8 Å². The average Bonchev–Trinajstić information content (AvgIpc) is 3.88. The Morgan fingerprint density at radius 1 is 0.267 bits per heavy atom. The van der Waals surface area contributed by atoms with Crippen LogP contribution in [-0.4, -0.2) is 15.0 Å². The smallest absolute Gasteiger partial charge is 0.164 e. The van der Waals surface area contributed by atoms with Gasteiger partial charge in [0.15, 0.2) is 17.5 Å². The first-order valence-electron chi connectivity index (χ1n) is 20.2. The van der Waals surface area contributed by atoms with Crippen molar-refractivity contribution < 1.29 is 8.83 Å². The number of aromatic nitrogens is 3. The Bertz CT molecular complexity index is 3910. The fourth-order valence-corrected chi connectivity index (χ4v) is 9.26. The summed E-state index contributed by atoms with van der Waals surface area (Å²) in [5.41, 5.74) is 8.55. The molecule has 13 aromatic rings. The van der Waals surface area contributed by atoms with Gasteiger partial charge in [0.2, 0.25) is 0 Å². The molecule has 5 nitrogen and oxygen atoms in total. The number of furan rings is 2. The molecule has 0 bridgehead atoms. The Labute approximate surface area is 342 Å².